The number of nitrogens with zero attached hydrogens (tertiary/aromatic N) is 3. The number of anilines is 2. The Kier molecular flexibility index (Phi) is 6.13. The van der Waals surface area contributed by atoms with Crippen molar-refractivity contribution in [1.82, 2.24) is 9.88 Å². The first-order valence-electron chi connectivity index (χ1n) is 9.77. The zero-order valence-electron chi connectivity index (χ0n) is 16.7. The molecule has 0 aliphatic carbocycles. The highest BCUT2D eigenvalue weighted by molar-refractivity contribution is 6.30. The number of nitrogens with one attached hydrogen (secondary N) is 1. The minimum atomic E-state index is -1.03. The molecular formula is C23H18ClFN4O3. The molecule has 2 aromatic carbocycles. The molecule has 0 bridgehead atoms. The molecule has 9 heteroatoms. The lowest BCUT2D eigenvalue weighted by Gasteiger charge is -2.21. The number of carbonyl (C=O) groups excluding carboxylic acids is 3. The molecule has 0 spiro atoms. The van der Waals surface area contributed by atoms with Gasteiger partial charge in [-0.2, -0.15) is 0 Å². The maximum atomic E-state index is 13.3. The van der Waals surface area contributed by atoms with Crippen LogP contribution >= 0.6 is 11.6 Å². The molecule has 1 aliphatic heterocycles. The van der Waals surface area contributed by atoms with Crippen LogP contribution in [0.25, 0.3) is 0 Å². The molecule has 4 rings (SSSR count). The monoisotopic (exact) mass is 452 g/mol. The van der Waals surface area contributed by atoms with Crippen LogP contribution in [0.15, 0.2) is 73.1 Å². The first-order valence-corrected chi connectivity index (χ1v) is 10.1. The maximum Gasteiger partial charge on any atom is 0.332 e. The van der Waals surface area contributed by atoms with Crippen LogP contribution in [-0.2, 0) is 16.1 Å². The average molecular weight is 453 g/mol. The van der Waals surface area contributed by atoms with E-state index >= 15 is 0 Å². The minimum absolute atomic E-state index is 0.0923. The van der Waals surface area contributed by atoms with Gasteiger partial charge in [-0.15, -0.1) is 0 Å². The number of hydrogen-bond acceptors (Lipinski definition) is 4. The number of aromatic nitrogens is 1. The van der Waals surface area contributed by atoms with Crippen molar-refractivity contribution >= 4 is 40.8 Å². The molecule has 32 heavy (non-hydrogen) atoms. The van der Waals surface area contributed by atoms with E-state index in [1.54, 1.807) is 48.8 Å². The number of hydrogen-bond donors (Lipinski definition) is 1. The van der Waals surface area contributed by atoms with Gasteiger partial charge in [0.2, 0.25) is 5.91 Å². The molecule has 1 atom stereocenters. The Bertz CT molecular complexity index is 1140. The van der Waals surface area contributed by atoms with Crippen LogP contribution in [0.4, 0.5) is 20.6 Å². The number of pyridine rings is 1. The summed E-state index contributed by atoms with van der Waals surface area (Å²) in [5.74, 6) is -1.48. The Morgan fingerprint density at radius 2 is 1.78 bits per heavy atom. The predicted molar refractivity (Wildman–Crippen MR) is 118 cm³/mol. The van der Waals surface area contributed by atoms with E-state index in [9.17, 15) is 18.8 Å². The fraction of sp³-hybridized carbons (Fsp3) is 0.130. The molecule has 7 nitrogen and oxygen atoms in total. The topological polar surface area (TPSA) is 82.6 Å². The van der Waals surface area contributed by atoms with E-state index < -0.39 is 29.7 Å². The van der Waals surface area contributed by atoms with Crippen LogP contribution in [-0.4, -0.2) is 33.8 Å². The Hall–Kier alpha value is -3.78. The second-order valence-corrected chi connectivity index (χ2v) is 7.63. The second-order valence-electron chi connectivity index (χ2n) is 7.20. The molecule has 162 valence electrons. The zero-order chi connectivity index (χ0) is 22.7. The van der Waals surface area contributed by atoms with Gasteiger partial charge < -0.3 is 10.2 Å². The summed E-state index contributed by atoms with van der Waals surface area (Å²) in [6, 6.07) is 13.5. The fourth-order valence-electron chi connectivity index (χ4n) is 3.45. The highest BCUT2D eigenvalue weighted by Crippen LogP contribution is 2.28. The molecule has 1 saturated heterocycles. The van der Waals surface area contributed by atoms with Gasteiger partial charge in [0.15, 0.2) is 0 Å². The van der Waals surface area contributed by atoms with Gasteiger partial charge in [0.25, 0.3) is 5.91 Å². The molecule has 3 aromatic rings. The number of urea groups is 1. The van der Waals surface area contributed by atoms with Crippen molar-refractivity contribution in [1.29, 1.82) is 0 Å². The fourth-order valence-corrected chi connectivity index (χ4v) is 3.58. The smallest absolute Gasteiger partial charge is 0.326 e. The van der Waals surface area contributed by atoms with Gasteiger partial charge in [-0.3, -0.25) is 14.6 Å². The third-order valence-electron chi connectivity index (χ3n) is 4.99. The summed E-state index contributed by atoms with van der Waals surface area (Å²) in [6.45, 7) is 0.0923. The summed E-state index contributed by atoms with van der Waals surface area (Å²) >= 11 is 5.87. The summed E-state index contributed by atoms with van der Waals surface area (Å²) in [6.07, 6.45) is 2.94. The summed E-state index contributed by atoms with van der Waals surface area (Å²) < 4.78 is 13.3. The maximum absolute atomic E-state index is 13.3. The molecule has 1 fully saturated rings. The molecule has 1 unspecified atom stereocenters. The van der Waals surface area contributed by atoms with Gasteiger partial charge in [0.1, 0.15) is 11.9 Å². The van der Waals surface area contributed by atoms with Crippen molar-refractivity contribution < 1.29 is 18.8 Å². The van der Waals surface area contributed by atoms with Gasteiger partial charge in [0.05, 0.1) is 12.1 Å². The van der Waals surface area contributed by atoms with Crippen LogP contribution in [0, 0.1) is 5.82 Å². The van der Waals surface area contributed by atoms with Crippen molar-refractivity contribution in [2.45, 2.75) is 19.0 Å². The molecule has 0 saturated carbocycles. The van der Waals surface area contributed by atoms with Crippen molar-refractivity contribution in [2.75, 3.05) is 10.2 Å². The first kappa shape index (κ1) is 21.5. The quantitative estimate of drug-likeness (QED) is 0.567. The van der Waals surface area contributed by atoms with Crippen LogP contribution in [0.2, 0.25) is 5.02 Å². The molecule has 2 heterocycles. The number of rotatable bonds is 6. The largest absolute Gasteiger partial charge is 0.332 e. The van der Waals surface area contributed by atoms with E-state index in [-0.39, 0.29) is 18.7 Å². The van der Waals surface area contributed by atoms with Crippen LogP contribution < -0.4 is 10.2 Å². The van der Waals surface area contributed by atoms with Crippen molar-refractivity contribution in [3.63, 3.8) is 0 Å². The lowest BCUT2D eigenvalue weighted by molar-refractivity contribution is -0.124. The molecular weight excluding hydrogens is 435 g/mol. The van der Waals surface area contributed by atoms with E-state index in [0.29, 0.717) is 16.3 Å². The summed E-state index contributed by atoms with van der Waals surface area (Å²) in [4.78, 5) is 45.4. The van der Waals surface area contributed by atoms with Crippen LogP contribution in [0.1, 0.15) is 12.0 Å². The van der Waals surface area contributed by atoms with Gasteiger partial charge in [0, 0.05) is 29.6 Å². The number of halogens is 2. The number of benzene rings is 2. The first-order chi connectivity index (χ1) is 15.4. The summed E-state index contributed by atoms with van der Waals surface area (Å²) in [7, 11) is 0. The lowest BCUT2D eigenvalue weighted by Crippen LogP contribution is -2.37. The lowest BCUT2D eigenvalue weighted by atomic mass is 10.1. The van der Waals surface area contributed by atoms with E-state index in [4.69, 9.17) is 11.6 Å². The SMILES string of the molecule is O=C(CC1C(=O)N(c2ccc(F)cc2)C(=O)N1Cc1cccnc1)Nc1ccc(Cl)cc1. The predicted octanol–water partition coefficient (Wildman–Crippen LogP) is 4.24. The zero-order valence-corrected chi connectivity index (χ0v) is 17.5. The Morgan fingerprint density at radius 3 is 2.44 bits per heavy atom. The second kappa shape index (κ2) is 9.15. The van der Waals surface area contributed by atoms with Gasteiger partial charge in [-0.1, -0.05) is 17.7 Å². The molecule has 4 amide bonds. The molecule has 0 radical (unpaired) electrons. The van der Waals surface area contributed by atoms with Crippen LogP contribution in [0.5, 0.6) is 0 Å². The standard InChI is InChI=1S/C23H18ClFN4O3/c24-16-3-7-18(8-4-16)27-21(30)12-20-22(31)29(19-9-5-17(25)6-10-19)23(32)28(20)14-15-2-1-11-26-13-15/h1-11,13,20H,12,14H2,(H,27,30). The van der Waals surface area contributed by atoms with Gasteiger partial charge in [-0.05, 0) is 60.2 Å². The van der Waals surface area contributed by atoms with Gasteiger partial charge >= 0.3 is 6.03 Å². The Morgan fingerprint density at radius 1 is 1.06 bits per heavy atom. The number of carbonyl (C=O) groups is 3. The molecule has 1 N–H and O–H groups in total. The van der Waals surface area contributed by atoms with Crippen molar-refractivity contribution in [3.8, 4) is 0 Å². The Labute approximate surface area is 188 Å². The van der Waals surface area contributed by atoms with E-state index in [1.165, 1.54) is 29.2 Å². The van der Waals surface area contributed by atoms with E-state index in [1.807, 2.05) is 0 Å². The summed E-state index contributed by atoms with van der Waals surface area (Å²) in [5, 5.41) is 3.23. The highest BCUT2D eigenvalue weighted by atomic mass is 35.5. The highest BCUT2D eigenvalue weighted by Gasteiger charge is 2.46. The van der Waals surface area contributed by atoms with Crippen molar-refractivity contribution in [3.05, 3.63) is 89.5 Å². The Balaban J connectivity index is 1.59. The third kappa shape index (κ3) is 4.60. The summed E-state index contributed by atoms with van der Waals surface area (Å²) in [5.41, 5.74) is 1.46. The average Bonchev–Trinajstić information content (AvgIpc) is 3.01. The minimum Gasteiger partial charge on any atom is -0.326 e. The molecule has 1 aliphatic rings. The number of imide groups is 1. The normalized spacial score (nSPS) is 15.9. The number of amides is 4. The van der Waals surface area contributed by atoms with Crippen molar-refractivity contribution in [2.24, 2.45) is 0 Å². The molecule has 1 aromatic heterocycles. The van der Waals surface area contributed by atoms with Gasteiger partial charge in [-0.25, -0.2) is 14.1 Å². The van der Waals surface area contributed by atoms with E-state index in [0.717, 1.165) is 4.90 Å². The van der Waals surface area contributed by atoms with E-state index in [2.05, 4.69) is 10.3 Å². The third-order valence-corrected chi connectivity index (χ3v) is 5.24. The van der Waals surface area contributed by atoms with Crippen LogP contribution in [0.3, 0.4) is 0 Å².